The van der Waals surface area contributed by atoms with Crippen molar-refractivity contribution in [1.82, 2.24) is 20.1 Å². The standard InChI is InChI=1S/C17H26N4O4S/c22-16(19-14-3-8-26(23,24)12-14)11-21-6-4-20(5-7-21)10-15-9-18-17(25-15)13-1-2-13/h9,13-14H,1-8,10-12H2,(H,19,22). The molecule has 0 spiro atoms. The number of rotatable bonds is 6. The highest BCUT2D eigenvalue weighted by molar-refractivity contribution is 7.91. The van der Waals surface area contributed by atoms with Gasteiger partial charge in [0, 0.05) is 38.1 Å². The van der Waals surface area contributed by atoms with Gasteiger partial charge >= 0.3 is 0 Å². The zero-order chi connectivity index (χ0) is 18.1. The maximum absolute atomic E-state index is 12.1. The minimum atomic E-state index is -2.96. The number of oxazole rings is 1. The summed E-state index contributed by atoms with van der Waals surface area (Å²) in [7, 11) is -2.96. The van der Waals surface area contributed by atoms with Crippen molar-refractivity contribution in [2.24, 2.45) is 0 Å². The molecule has 1 amide bonds. The summed E-state index contributed by atoms with van der Waals surface area (Å²) in [4.78, 5) is 20.9. The average Bonchev–Trinajstić information content (AvgIpc) is 3.24. The molecule has 3 aliphatic rings. The van der Waals surface area contributed by atoms with Gasteiger partial charge in [0.25, 0.3) is 0 Å². The second-order valence-electron chi connectivity index (χ2n) is 7.66. The summed E-state index contributed by atoms with van der Waals surface area (Å²) in [6.45, 7) is 4.49. The topological polar surface area (TPSA) is 95.8 Å². The van der Waals surface area contributed by atoms with Gasteiger partial charge in [-0.1, -0.05) is 0 Å². The Kier molecular flexibility index (Phi) is 5.02. The molecule has 1 aromatic rings. The predicted octanol–water partition coefficient (Wildman–Crippen LogP) is -0.0271. The Morgan fingerprint density at radius 3 is 2.58 bits per heavy atom. The van der Waals surface area contributed by atoms with Gasteiger partial charge in [0.15, 0.2) is 15.7 Å². The highest BCUT2D eigenvalue weighted by atomic mass is 32.2. The summed E-state index contributed by atoms with van der Waals surface area (Å²) in [5, 5.41) is 2.86. The van der Waals surface area contributed by atoms with Crippen molar-refractivity contribution in [3.63, 3.8) is 0 Å². The largest absolute Gasteiger partial charge is 0.444 e. The normalized spacial score (nSPS) is 26.8. The summed E-state index contributed by atoms with van der Waals surface area (Å²) in [6, 6.07) is -0.221. The zero-order valence-corrected chi connectivity index (χ0v) is 15.7. The van der Waals surface area contributed by atoms with E-state index in [4.69, 9.17) is 4.42 Å². The minimum Gasteiger partial charge on any atom is -0.444 e. The van der Waals surface area contributed by atoms with E-state index in [-0.39, 0.29) is 23.5 Å². The zero-order valence-electron chi connectivity index (χ0n) is 14.9. The van der Waals surface area contributed by atoms with E-state index in [2.05, 4.69) is 20.1 Å². The van der Waals surface area contributed by atoms with Crippen molar-refractivity contribution in [2.45, 2.75) is 37.8 Å². The lowest BCUT2D eigenvalue weighted by Gasteiger charge is -2.33. The molecule has 0 bridgehead atoms. The van der Waals surface area contributed by atoms with Crippen molar-refractivity contribution in [1.29, 1.82) is 0 Å². The minimum absolute atomic E-state index is 0.0759. The number of aromatic nitrogens is 1. The average molecular weight is 382 g/mol. The Morgan fingerprint density at radius 2 is 1.92 bits per heavy atom. The summed E-state index contributed by atoms with van der Waals surface area (Å²) >= 11 is 0. The van der Waals surface area contributed by atoms with Crippen LogP contribution in [0.3, 0.4) is 0 Å². The van der Waals surface area contributed by atoms with Gasteiger partial charge in [-0.05, 0) is 19.3 Å². The molecule has 3 fully saturated rings. The smallest absolute Gasteiger partial charge is 0.234 e. The molecule has 9 heteroatoms. The van der Waals surface area contributed by atoms with Crippen molar-refractivity contribution >= 4 is 15.7 Å². The fourth-order valence-electron chi connectivity index (χ4n) is 3.63. The predicted molar refractivity (Wildman–Crippen MR) is 95.4 cm³/mol. The van der Waals surface area contributed by atoms with Crippen LogP contribution >= 0.6 is 0 Å². The van der Waals surface area contributed by atoms with Crippen LogP contribution in [0.25, 0.3) is 0 Å². The first kappa shape index (κ1) is 17.9. The second-order valence-corrected chi connectivity index (χ2v) is 9.89. The van der Waals surface area contributed by atoms with Crippen LogP contribution < -0.4 is 5.32 Å². The SMILES string of the molecule is O=C(CN1CCN(Cc2cnc(C3CC3)o2)CC1)NC1CCS(=O)(=O)C1. The van der Waals surface area contributed by atoms with E-state index in [0.717, 1.165) is 44.4 Å². The van der Waals surface area contributed by atoms with E-state index >= 15 is 0 Å². The number of hydrogen-bond donors (Lipinski definition) is 1. The maximum atomic E-state index is 12.1. The van der Waals surface area contributed by atoms with Crippen LogP contribution in [0, 0.1) is 0 Å². The van der Waals surface area contributed by atoms with Gasteiger partial charge in [0.05, 0.1) is 30.8 Å². The molecule has 1 unspecified atom stereocenters. The fraction of sp³-hybridized carbons (Fsp3) is 0.765. The molecular weight excluding hydrogens is 356 g/mol. The molecule has 1 N–H and O–H groups in total. The van der Waals surface area contributed by atoms with Crippen molar-refractivity contribution in [2.75, 3.05) is 44.2 Å². The summed E-state index contributed by atoms with van der Waals surface area (Å²) < 4.78 is 28.7. The van der Waals surface area contributed by atoms with Gasteiger partial charge in [-0.3, -0.25) is 14.6 Å². The summed E-state index contributed by atoms with van der Waals surface area (Å²) in [5.41, 5.74) is 0. The van der Waals surface area contributed by atoms with Crippen molar-refractivity contribution in [3.8, 4) is 0 Å². The van der Waals surface area contributed by atoms with Crippen LogP contribution in [0.4, 0.5) is 0 Å². The third-order valence-electron chi connectivity index (χ3n) is 5.31. The van der Waals surface area contributed by atoms with Crippen LogP contribution in [0.2, 0.25) is 0 Å². The van der Waals surface area contributed by atoms with Crippen LogP contribution in [0.1, 0.15) is 36.8 Å². The van der Waals surface area contributed by atoms with Gasteiger partial charge in [-0.25, -0.2) is 13.4 Å². The molecule has 1 aromatic heterocycles. The lowest BCUT2D eigenvalue weighted by atomic mass is 10.2. The van der Waals surface area contributed by atoms with Crippen LogP contribution in [-0.2, 0) is 21.2 Å². The van der Waals surface area contributed by atoms with E-state index in [0.29, 0.717) is 18.9 Å². The lowest BCUT2D eigenvalue weighted by Crippen LogP contribution is -2.50. The molecule has 0 radical (unpaired) electrons. The molecule has 0 aromatic carbocycles. The van der Waals surface area contributed by atoms with Crippen molar-refractivity contribution < 1.29 is 17.6 Å². The molecule has 144 valence electrons. The maximum Gasteiger partial charge on any atom is 0.234 e. The molecule has 1 atom stereocenters. The second kappa shape index (κ2) is 7.28. The number of piperazine rings is 1. The Hall–Kier alpha value is -1.45. The van der Waals surface area contributed by atoms with E-state index in [1.807, 2.05) is 6.20 Å². The number of nitrogens with one attached hydrogen (secondary N) is 1. The molecule has 1 aliphatic carbocycles. The van der Waals surface area contributed by atoms with E-state index < -0.39 is 9.84 Å². The van der Waals surface area contributed by atoms with Crippen LogP contribution in [0.5, 0.6) is 0 Å². The van der Waals surface area contributed by atoms with Gasteiger partial charge in [-0.2, -0.15) is 0 Å². The van der Waals surface area contributed by atoms with Gasteiger partial charge in [-0.15, -0.1) is 0 Å². The first-order valence-corrected chi connectivity index (χ1v) is 11.2. The van der Waals surface area contributed by atoms with Crippen LogP contribution in [0.15, 0.2) is 10.6 Å². The number of amides is 1. The molecule has 3 heterocycles. The molecule has 1 saturated carbocycles. The molecular formula is C17H26N4O4S. The number of carbonyl (C=O) groups is 1. The van der Waals surface area contributed by atoms with Crippen LogP contribution in [-0.4, -0.2) is 79.4 Å². The first-order valence-electron chi connectivity index (χ1n) is 9.36. The fourth-order valence-corrected chi connectivity index (χ4v) is 5.30. The first-order chi connectivity index (χ1) is 12.5. The summed E-state index contributed by atoms with van der Waals surface area (Å²) in [5.74, 6) is 2.51. The summed E-state index contributed by atoms with van der Waals surface area (Å²) in [6.07, 6.45) is 4.74. The molecule has 4 rings (SSSR count). The van der Waals surface area contributed by atoms with Gasteiger partial charge < -0.3 is 9.73 Å². The van der Waals surface area contributed by atoms with E-state index in [9.17, 15) is 13.2 Å². The number of hydrogen-bond acceptors (Lipinski definition) is 7. The van der Waals surface area contributed by atoms with E-state index in [1.165, 1.54) is 12.8 Å². The Balaban J connectivity index is 1.18. The van der Waals surface area contributed by atoms with Gasteiger partial charge in [0.1, 0.15) is 5.76 Å². The van der Waals surface area contributed by atoms with E-state index in [1.54, 1.807) is 0 Å². The van der Waals surface area contributed by atoms with Crippen molar-refractivity contribution in [3.05, 3.63) is 17.8 Å². The molecule has 2 aliphatic heterocycles. The Bertz CT molecular complexity index is 751. The molecule has 8 nitrogen and oxygen atoms in total. The lowest BCUT2D eigenvalue weighted by molar-refractivity contribution is -0.123. The third-order valence-corrected chi connectivity index (χ3v) is 7.08. The monoisotopic (exact) mass is 382 g/mol. The van der Waals surface area contributed by atoms with Gasteiger partial charge in [0.2, 0.25) is 5.91 Å². The number of nitrogens with zero attached hydrogens (tertiary/aromatic N) is 3. The number of carbonyl (C=O) groups excluding carboxylic acids is 1. The Labute approximate surface area is 153 Å². The third kappa shape index (κ3) is 4.63. The quantitative estimate of drug-likeness (QED) is 0.738. The molecule has 26 heavy (non-hydrogen) atoms. The number of sulfone groups is 1. The molecule has 2 saturated heterocycles. The Morgan fingerprint density at radius 1 is 1.19 bits per heavy atom. The highest BCUT2D eigenvalue weighted by Gasteiger charge is 2.30. The highest BCUT2D eigenvalue weighted by Crippen LogP contribution is 2.39.